The number of aliphatic imine (C=N–C) groups is 1. The van der Waals surface area contributed by atoms with Crippen LogP contribution in [0.15, 0.2) is 59.7 Å². The average Bonchev–Trinajstić information content (AvgIpc) is 3.45. The van der Waals surface area contributed by atoms with Gasteiger partial charge in [0.2, 0.25) is 0 Å². The first-order valence-corrected chi connectivity index (χ1v) is 12.0. The predicted octanol–water partition coefficient (Wildman–Crippen LogP) is 6.49. The van der Waals surface area contributed by atoms with E-state index in [0.29, 0.717) is 11.7 Å². The van der Waals surface area contributed by atoms with Gasteiger partial charge in [0.05, 0.1) is 17.3 Å². The zero-order valence-corrected chi connectivity index (χ0v) is 19.5. The minimum absolute atomic E-state index is 0.0411. The van der Waals surface area contributed by atoms with Crippen molar-refractivity contribution in [1.82, 2.24) is 14.5 Å². The lowest BCUT2D eigenvalue weighted by Crippen LogP contribution is -2.35. The molecule has 1 aromatic carbocycles. The van der Waals surface area contributed by atoms with Crippen molar-refractivity contribution in [3.63, 3.8) is 0 Å². The minimum Gasteiger partial charge on any atom is -0.338 e. The molecule has 0 radical (unpaired) electrons. The number of hydrogen-bond donors (Lipinski definition) is 0. The second-order valence-electron chi connectivity index (χ2n) is 8.55. The normalized spacial score (nSPS) is 22.5. The van der Waals surface area contributed by atoms with E-state index in [1.165, 1.54) is 12.1 Å². The molecule has 172 valence electrons. The first-order valence-electron chi connectivity index (χ1n) is 11.1. The van der Waals surface area contributed by atoms with Crippen molar-refractivity contribution in [1.29, 1.82) is 0 Å². The van der Waals surface area contributed by atoms with Crippen molar-refractivity contribution >= 4 is 16.9 Å². The molecule has 3 atom stereocenters. The Morgan fingerprint density at radius 1 is 1.09 bits per heavy atom. The number of alkyl halides is 3. The molecule has 0 bridgehead atoms. The third kappa shape index (κ3) is 3.74. The molecule has 3 unspecified atom stereocenters. The number of halogens is 3. The molecule has 0 N–H and O–H groups in total. The van der Waals surface area contributed by atoms with Gasteiger partial charge in [0.25, 0.3) is 0 Å². The number of hydrogen-bond acceptors (Lipinski definition) is 4. The van der Waals surface area contributed by atoms with Crippen LogP contribution in [0.4, 0.5) is 13.2 Å². The summed E-state index contributed by atoms with van der Waals surface area (Å²) < 4.78 is 42.0. The van der Waals surface area contributed by atoms with Gasteiger partial charge in [-0.3, -0.25) is 9.98 Å². The Morgan fingerprint density at radius 2 is 1.91 bits per heavy atom. The van der Waals surface area contributed by atoms with E-state index < -0.39 is 11.7 Å². The molecule has 2 aliphatic rings. The van der Waals surface area contributed by atoms with Crippen LogP contribution in [0.3, 0.4) is 0 Å². The van der Waals surface area contributed by atoms with Crippen LogP contribution in [-0.4, -0.2) is 31.4 Å². The Hall–Kier alpha value is -2.74. The molecule has 3 aromatic rings. The quantitative estimate of drug-likeness (QED) is 0.437. The number of thioether (sulfide) groups is 1. The van der Waals surface area contributed by atoms with Crippen LogP contribution in [0, 0.1) is 13.8 Å². The maximum Gasteiger partial charge on any atom is 0.416 e. The van der Waals surface area contributed by atoms with Crippen LogP contribution in [0.2, 0.25) is 0 Å². The maximum absolute atomic E-state index is 13.4. The van der Waals surface area contributed by atoms with Crippen molar-refractivity contribution in [3.8, 4) is 5.69 Å². The number of aryl methyl sites for hydroxylation is 1. The summed E-state index contributed by atoms with van der Waals surface area (Å²) in [6.45, 7) is 6.12. The number of aromatic nitrogens is 2. The maximum atomic E-state index is 13.4. The van der Waals surface area contributed by atoms with E-state index in [9.17, 15) is 13.2 Å². The van der Waals surface area contributed by atoms with Gasteiger partial charge in [0, 0.05) is 35.1 Å². The van der Waals surface area contributed by atoms with Crippen molar-refractivity contribution in [2.24, 2.45) is 4.99 Å². The molecule has 4 nitrogen and oxygen atoms in total. The van der Waals surface area contributed by atoms with Gasteiger partial charge in [0.15, 0.2) is 5.17 Å². The van der Waals surface area contributed by atoms with Gasteiger partial charge in [-0.1, -0.05) is 30.8 Å². The lowest BCUT2D eigenvalue weighted by atomic mass is 9.95. The first-order chi connectivity index (χ1) is 15.8. The molecule has 2 aromatic heterocycles. The highest BCUT2D eigenvalue weighted by atomic mass is 32.2. The summed E-state index contributed by atoms with van der Waals surface area (Å²) in [6, 6.07) is 13.7. The number of amidine groups is 1. The summed E-state index contributed by atoms with van der Waals surface area (Å²) in [5.74, 6) is 0.993. The van der Waals surface area contributed by atoms with E-state index in [1.807, 2.05) is 36.6 Å². The third-order valence-corrected chi connectivity index (χ3v) is 7.68. The molecule has 0 saturated carbocycles. The van der Waals surface area contributed by atoms with Crippen molar-refractivity contribution in [2.45, 2.75) is 51.5 Å². The van der Waals surface area contributed by atoms with Crippen LogP contribution in [0.5, 0.6) is 0 Å². The molecular weight excluding hydrogens is 445 g/mol. The number of benzene rings is 1. The zero-order valence-electron chi connectivity index (χ0n) is 18.7. The highest BCUT2D eigenvalue weighted by Crippen LogP contribution is 2.49. The summed E-state index contributed by atoms with van der Waals surface area (Å²) in [7, 11) is 0. The molecule has 0 amide bonds. The first kappa shape index (κ1) is 22.1. The number of rotatable bonds is 4. The SMILES string of the molecule is CCC1CSC2=NC(c3ccccn3)C(c3cc(C)n(-c4cccc(C(F)(F)F)c4)c3C)N21. The van der Waals surface area contributed by atoms with Crippen LogP contribution in [0.25, 0.3) is 5.69 Å². The summed E-state index contributed by atoms with van der Waals surface area (Å²) in [6.07, 6.45) is -1.59. The predicted molar refractivity (Wildman–Crippen MR) is 126 cm³/mol. The smallest absolute Gasteiger partial charge is 0.338 e. The van der Waals surface area contributed by atoms with Crippen molar-refractivity contribution in [2.75, 3.05) is 5.75 Å². The highest BCUT2D eigenvalue weighted by Gasteiger charge is 2.46. The fourth-order valence-corrected chi connectivity index (χ4v) is 6.33. The third-order valence-electron chi connectivity index (χ3n) is 6.55. The van der Waals surface area contributed by atoms with Gasteiger partial charge in [-0.2, -0.15) is 13.2 Å². The van der Waals surface area contributed by atoms with Crippen molar-refractivity contribution < 1.29 is 13.2 Å². The summed E-state index contributed by atoms with van der Waals surface area (Å²) in [5, 5.41) is 1.03. The Bertz CT molecular complexity index is 1200. The second kappa shape index (κ2) is 8.24. The van der Waals surface area contributed by atoms with E-state index in [1.54, 1.807) is 24.0 Å². The fourth-order valence-electron chi connectivity index (χ4n) is 4.99. The molecule has 33 heavy (non-hydrogen) atoms. The highest BCUT2D eigenvalue weighted by molar-refractivity contribution is 8.14. The number of nitrogens with zero attached hydrogens (tertiary/aromatic N) is 4. The largest absolute Gasteiger partial charge is 0.416 e. The molecule has 5 rings (SSSR count). The van der Waals surface area contributed by atoms with Crippen LogP contribution >= 0.6 is 11.8 Å². The Morgan fingerprint density at radius 3 is 2.61 bits per heavy atom. The lowest BCUT2D eigenvalue weighted by molar-refractivity contribution is -0.137. The summed E-state index contributed by atoms with van der Waals surface area (Å²) in [5.41, 5.74) is 3.69. The Balaban J connectivity index is 1.63. The molecule has 0 aliphatic carbocycles. The minimum atomic E-state index is -4.38. The van der Waals surface area contributed by atoms with Gasteiger partial charge in [-0.15, -0.1) is 0 Å². The van der Waals surface area contributed by atoms with Crippen LogP contribution < -0.4 is 0 Å². The van der Waals surface area contributed by atoms with Crippen LogP contribution in [0.1, 0.15) is 53.6 Å². The Kier molecular flexibility index (Phi) is 5.51. The van der Waals surface area contributed by atoms with E-state index in [2.05, 4.69) is 22.9 Å². The second-order valence-corrected chi connectivity index (χ2v) is 9.53. The zero-order chi connectivity index (χ0) is 23.3. The van der Waals surface area contributed by atoms with Gasteiger partial charge < -0.3 is 9.47 Å². The molecule has 8 heteroatoms. The fraction of sp³-hybridized carbons (Fsp3) is 0.360. The van der Waals surface area contributed by atoms with E-state index in [0.717, 1.165) is 46.1 Å². The van der Waals surface area contributed by atoms with Gasteiger partial charge in [0.1, 0.15) is 6.04 Å². The molecule has 1 saturated heterocycles. The molecule has 1 fully saturated rings. The van der Waals surface area contributed by atoms with Gasteiger partial charge in [-0.25, -0.2) is 0 Å². The van der Waals surface area contributed by atoms with Gasteiger partial charge >= 0.3 is 6.18 Å². The molecule has 2 aliphatic heterocycles. The number of fused-ring (bicyclic) bond motifs is 1. The van der Waals surface area contributed by atoms with Crippen LogP contribution in [-0.2, 0) is 6.18 Å². The van der Waals surface area contributed by atoms with Gasteiger partial charge in [-0.05, 0) is 62.2 Å². The summed E-state index contributed by atoms with van der Waals surface area (Å²) in [4.78, 5) is 12.1. The van der Waals surface area contributed by atoms with E-state index in [-0.39, 0.29) is 12.1 Å². The monoisotopic (exact) mass is 470 g/mol. The van der Waals surface area contributed by atoms with E-state index >= 15 is 0 Å². The number of pyridine rings is 1. The molecular formula is C25H25F3N4S. The standard InChI is InChI=1S/C25H25F3N4S/c1-4-18-14-33-24-30-22(21-10-5-6-11-29-21)23(32(18)24)20-12-15(2)31(16(20)3)19-9-7-8-17(13-19)25(26,27)28/h5-13,18,22-23H,4,14H2,1-3H3. The Labute approximate surface area is 195 Å². The van der Waals surface area contributed by atoms with Crippen molar-refractivity contribution in [3.05, 3.63) is 82.9 Å². The molecule has 4 heterocycles. The van der Waals surface area contributed by atoms with E-state index in [4.69, 9.17) is 4.99 Å². The summed E-state index contributed by atoms with van der Waals surface area (Å²) >= 11 is 1.78. The topological polar surface area (TPSA) is 33.4 Å². The average molecular weight is 471 g/mol. The lowest BCUT2D eigenvalue weighted by Gasteiger charge is -2.32. The molecule has 0 spiro atoms.